The number of nitrogens with two attached hydrogens (primary N) is 1. The number of carbonyl (C=O) groups is 1. The number of ether oxygens (including phenoxy) is 2. The molecule has 35 heavy (non-hydrogen) atoms. The van der Waals surface area contributed by atoms with Crippen molar-refractivity contribution in [3.63, 3.8) is 0 Å². The van der Waals surface area contributed by atoms with E-state index in [1.165, 1.54) is 6.20 Å². The van der Waals surface area contributed by atoms with Crippen molar-refractivity contribution in [3.8, 4) is 11.8 Å². The number of nitriles is 1. The fourth-order valence-electron chi connectivity index (χ4n) is 4.64. The van der Waals surface area contributed by atoms with Crippen LogP contribution in [0.2, 0.25) is 0 Å². The highest BCUT2D eigenvalue weighted by atomic mass is 16.6. The molecule has 0 bridgehead atoms. The molecular weight excluding hydrogens is 446 g/mol. The lowest BCUT2D eigenvalue weighted by Crippen LogP contribution is -2.55. The minimum absolute atomic E-state index is 0.168. The van der Waals surface area contributed by atoms with Crippen molar-refractivity contribution in [2.24, 2.45) is 10.7 Å². The lowest BCUT2D eigenvalue weighted by atomic mass is 10.0. The average Bonchev–Trinajstić information content (AvgIpc) is 3.42. The predicted molar refractivity (Wildman–Crippen MR) is 133 cm³/mol. The van der Waals surface area contributed by atoms with Gasteiger partial charge < -0.3 is 20.1 Å². The molecule has 2 aromatic rings. The molecule has 0 radical (unpaired) electrons. The molecule has 0 spiro atoms. The third-order valence-electron chi connectivity index (χ3n) is 6.38. The molecule has 0 aliphatic carbocycles. The van der Waals surface area contributed by atoms with Crippen LogP contribution in [0.1, 0.15) is 45.2 Å². The second-order valence-corrected chi connectivity index (χ2v) is 10.0. The van der Waals surface area contributed by atoms with E-state index in [9.17, 15) is 10.1 Å². The molecule has 2 aliphatic rings. The van der Waals surface area contributed by atoms with Crippen molar-refractivity contribution in [1.29, 1.82) is 5.26 Å². The first-order valence-corrected chi connectivity index (χ1v) is 11.8. The molecule has 1 atom stereocenters. The number of hydrogen-bond acceptors (Lipinski definition) is 8. The second kappa shape index (κ2) is 9.58. The van der Waals surface area contributed by atoms with Crippen molar-refractivity contribution in [2.75, 3.05) is 33.3 Å². The van der Waals surface area contributed by atoms with E-state index in [0.29, 0.717) is 36.0 Å². The van der Waals surface area contributed by atoms with Crippen molar-refractivity contribution < 1.29 is 14.3 Å². The summed E-state index contributed by atoms with van der Waals surface area (Å²) in [6.07, 6.45) is 5.59. The molecule has 186 valence electrons. The van der Waals surface area contributed by atoms with E-state index in [2.05, 4.69) is 16.1 Å². The summed E-state index contributed by atoms with van der Waals surface area (Å²) in [5, 5.41) is 13.6. The van der Waals surface area contributed by atoms with Gasteiger partial charge in [-0.3, -0.25) is 9.89 Å². The van der Waals surface area contributed by atoms with Crippen LogP contribution in [0.3, 0.4) is 0 Å². The number of rotatable bonds is 5. The first-order chi connectivity index (χ1) is 16.6. The Morgan fingerprint density at radius 2 is 2.09 bits per heavy atom. The van der Waals surface area contributed by atoms with Crippen LogP contribution in [-0.4, -0.2) is 82.2 Å². The number of carbonyl (C=O) groups excluding carboxylic acids is 1. The maximum Gasteiger partial charge on any atom is 0.410 e. The number of hydrogen-bond donors (Lipinski definition) is 1. The van der Waals surface area contributed by atoms with Gasteiger partial charge in [0.15, 0.2) is 0 Å². The molecule has 2 aromatic heterocycles. The summed E-state index contributed by atoms with van der Waals surface area (Å²) in [6.45, 7) is 10.7. The number of methoxy groups -OCH3 is 1. The Bertz CT molecular complexity index is 1210. The van der Waals surface area contributed by atoms with Crippen LogP contribution >= 0.6 is 0 Å². The Kier molecular flexibility index (Phi) is 6.72. The van der Waals surface area contributed by atoms with Gasteiger partial charge in [0.05, 0.1) is 19.3 Å². The number of aromatic nitrogens is 2. The molecule has 10 nitrogen and oxygen atoms in total. The molecule has 2 fully saturated rings. The summed E-state index contributed by atoms with van der Waals surface area (Å²) in [7, 11) is 1.57. The monoisotopic (exact) mass is 479 g/mol. The predicted octanol–water partition coefficient (Wildman–Crippen LogP) is 2.67. The van der Waals surface area contributed by atoms with Crippen LogP contribution in [0, 0.1) is 11.3 Å². The SMILES string of the molecule is COc1cc(/C(=C/N)C(C)=NC2CN(C3CCN(C(=O)OC(C)(C)C)C3)C2)cn2ncc(C#N)c12. The molecule has 1 amide bonds. The van der Waals surface area contributed by atoms with E-state index in [-0.39, 0.29) is 12.1 Å². The Balaban J connectivity index is 1.40. The van der Waals surface area contributed by atoms with Gasteiger partial charge in [-0.05, 0) is 40.2 Å². The minimum atomic E-state index is -0.485. The number of aliphatic imine (C=N–C) groups is 1. The standard InChI is InChI=1S/C25H33N7O3/c1-16(21(10-27)17-8-22(34-5)23-18(9-26)11-28-32(23)12-17)29-19-13-31(14-19)20-6-7-30(15-20)24(33)35-25(2,3)4/h8,10-12,19-20H,6-7,13-15,27H2,1-5H3/b21-10+,29-16?. The van der Waals surface area contributed by atoms with Gasteiger partial charge in [0.25, 0.3) is 0 Å². The number of allylic oxidation sites excluding steroid dienone is 1. The zero-order valence-corrected chi connectivity index (χ0v) is 21.0. The minimum Gasteiger partial charge on any atom is -0.494 e. The van der Waals surface area contributed by atoms with Crippen LogP contribution in [0.4, 0.5) is 4.79 Å². The zero-order chi connectivity index (χ0) is 25.3. The fourth-order valence-corrected chi connectivity index (χ4v) is 4.64. The topological polar surface area (TPSA) is 121 Å². The van der Waals surface area contributed by atoms with E-state index >= 15 is 0 Å². The quantitative estimate of drug-likeness (QED) is 0.654. The van der Waals surface area contributed by atoms with Crippen LogP contribution in [0.5, 0.6) is 5.75 Å². The highest BCUT2D eigenvalue weighted by molar-refractivity contribution is 6.22. The van der Waals surface area contributed by atoms with Gasteiger partial charge in [-0.2, -0.15) is 10.4 Å². The summed E-state index contributed by atoms with van der Waals surface area (Å²) in [5.74, 6) is 0.550. The molecule has 4 heterocycles. The van der Waals surface area contributed by atoms with Gasteiger partial charge in [-0.25, -0.2) is 9.31 Å². The molecule has 10 heteroatoms. The first-order valence-electron chi connectivity index (χ1n) is 11.8. The summed E-state index contributed by atoms with van der Waals surface area (Å²) in [5.41, 5.74) is 9.01. The second-order valence-electron chi connectivity index (χ2n) is 10.0. The van der Waals surface area contributed by atoms with Crippen molar-refractivity contribution in [1.82, 2.24) is 19.4 Å². The van der Waals surface area contributed by atoms with E-state index in [1.54, 1.807) is 22.7 Å². The van der Waals surface area contributed by atoms with Gasteiger partial charge in [0.2, 0.25) is 0 Å². The van der Waals surface area contributed by atoms with Crippen LogP contribution in [0.25, 0.3) is 11.1 Å². The Hall–Kier alpha value is -3.58. The lowest BCUT2D eigenvalue weighted by molar-refractivity contribution is 0.0262. The van der Waals surface area contributed by atoms with Gasteiger partial charge >= 0.3 is 6.09 Å². The van der Waals surface area contributed by atoms with Gasteiger partial charge in [-0.15, -0.1) is 0 Å². The smallest absolute Gasteiger partial charge is 0.410 e. The van der Waals surface area contributed by atoms with E-state index in [0.717, 1.165) is 36.4 Å². The van der Waals surface area contributed by atoms with E-state index < -0.39 is 5.60 Å². The Labute approximate surface area is 205 Å². The van der Waals surface area contributed by atoms with E-state index in [4.69, 9.17) is 20.2 Å². The zero-order valence-electron chi connectivity index (χ0n) is 21.0. The molecule has 4 rings (SSSR count). The highest BCUT2D eigenvalue weighted by Crippen LogP contribution is 2.29. The molecular formula is C25H33N7O3. The summed E-state index contributed by atoms with van der Waals surface area (Å²) in [6, 6.07) is 4.49. The third kappa shape index (κ3) is 5.10. The first kappa shape index (κ1) is 24.5. The molecule has 2 aliphatic heterocycles. The molecule has 2 N–H and O–H groups in total. The van der Waals surface area contributed by atoms with Crippen LogP contribution in [0.15, 0.2) is 29.7 Å². The van der Waals surface area contributed by atoms with Crippen molar-refractivity contribution in [2.45, 2.75) is 51.8 Å². The van der Waals surface area contributed by atoms with Crippen LogP contribution < -0.4 is 10.5 Å². The van der Waals surface area contributed by atoms with Gasteiger partial charge in [-0.1, -0.05) is 0 Å². The van der Waals surface area contributed by atoms with E-state index in [1.807, 2.05) is 40.0 Å². The number of amides is 1. The van der Waals surface area contributed by atoms with Crippen molar-refractivity contribution in [3.05, 3.63) is 35.8 Å². The molecule has 2 saturated heterocycles. The Morgan fingerprint density at radius 1 is 1.34 bits per heavy atom. The van der Waals surface area contributed by atoms with Gasteiger partial charge in [0.1, 0.15) is 28.5 Å². The lowest BCUT2D eigenvalue weighted by Gasteiger charge is -2.41. The molecule has 1 unspecified atom stereocenters. The maximum atomic E-state index is 12.3. The normalized spacial score (nSPS) is 20.1. The number of fused-ring (bicyclic) bond motifs is 1. The maximum absolute atomic E-state index is 12.3. The summed E-state index contributed by atoms with van der Waals surface area (Å²) >= 11 is 0. The Morgan fingerprint density at radius 3 is 2.71 bits per heavy atom. The van der Waals surface area contributed by atoms with Crippen LogP contribution in [-0.2, 0) is 4.74 Å². The molecule has 0 saturated carbocycles. The number of nitrogens with zero attached hydrogens (tertiary/aromatic N) is 6. The molecule has 0 aromatic carbocycles. The fraction of sp³-hybridized carbons (Fsp3) is 0.520. The number of likely N-dealkylation sites (tertiary alicyclic amines) is 2. The highest BCUT2D eigenvalue weighted by Gasteiger charge is 2.38. The largest absolute Gasteiger partial charge is 0.494 e. The number of pyridine rings is 1. The third-order valence-corrected chi connectivity index (χ3v) is 6.38. The van der Waals surface area contributed by atoms with Crippen molar-refractivity contribution >= 4 is 22.9 Å². The average molecular weight is 480 g/mol. The summed E-state index contributed by atoms with van der Waals surface area (Å²) in [4.78, 5) is 21.4. The van der Waals surface area contributed by atoms with Gasteiger partial charge in [0, 0.05) is 61.5 Å². The summed E-state index contributed by atoms with van der Waals surface area (Å²) < 4.78 is 12.7.